The van der Waals surface area contributed by atoms with Gasteiger partial charge in [-0.05, 0) is 6.92 Å². The van der Waals surface area contributed by atoms with Gasteiger partial charge in [0.1, 0.15) is 0 Å². The summed E-state index contributed by atoms with van der Waals surface area (Å²) in [6.07, 6.45) is 1.65. The molecule has 0 unspecified atom stereocenters. The fraction of sp³-hybridized carbons (Fsp3) is 0.333. The number of aromatic nitrogens is 3. The maximum atomic E-state index is 10.1. The summed E-state index contributed by atoms with van der Waals surface area (Å²) >= 11 is -1.18. The van der Waals surface area contributed by atoms with E-state index in [0.29, 0.717) is 0 Å². The molecule has 0 atom stereocenters. The highest BCUT2D eigenvalue weighted by atomic mass is 127. The minimum Gasteiger partial charge on any atom is -0.243 e. The maximum Gasteiger partial charge on any atom is 0.297 e. The lowest BCUT2D eigenvalue weighted by molar-refractivity contribution is 0.645. The van der Waals surface area contributed by atoms with Gasteiger partial charge in [-0.2, -0.15) is 2.90 Å². The molecule has 1 heterocycles. The zero-order valence-corrected chi connectivity index (χ0v) is 6.36. The number of halogens is 1. The molecule has 0 radical (unpaired) electrons. The summed E-state index contributed by atoms with van der Waals surface area (Å²) in [5.74, 6) is 0. The Bertz CT molecular complexity index is 196. The van der Waals surface area contributed by atoms with E-state index in [9.17, 15) is 3.07 Å². The molecule has 0 fully saturated rings. The molecule has 0 spiro atoms. The average Bonchev–Trinajstić information content (AvgIpc) is 2.14. The first-order valence-electron chi connectivity index (χ1n) is 1.99. The van der Waals surface area contributed by atoms with Gasteiger partial charge in [-0.15, -0.1) is 5.10 Å². The van der Waals surface area contributed by atoms with Crippen LogP contribution in [-0.4, -0.2) is 13.2 Å². The SMILES string of the molecule is Cc1cn(I=O)nn1. The summed E-state index contributed by atoms with van der Waals surface area (Å²) in [7, 11) is 0. The van der Waals surface area contributed by atoms with E-state index in [2.05, 4.69) is 10.3 Å². The lowest BCUT2D eigenvalue weighted by Crippen LogP contribution is -1.77. The van der Waals surface area contributed by atoms with Crippen molar-refractivity contribution in [1.29, 1.82) is 0 Å². The molecule has 5 heteroatoms. The normalized spacial score (nSPS) is 9.62. The molecular weight excluding hydrogens is 221 g/mol. The van der Waals surface area contributed by atoms with Crippen molar-refractivity contribution in [2.24, 2.45) is 0 Å². The van der Waals surface area contributed by atoms with Gasteiger partial charge >= 0.3 is 0 Å². The summed E-state index contributed by atoms with van der Waals surface area (Å²) in [6, 6.07) is 0. The summed E-state index contributed by atoms with van der Waals surface area (Å²) < 4.78 is 11.5. The van der Waals surface area contributed by atoms with Gasteiger partial charge in [0.05, 0.1) is 11.9 Å². The Kier molecular flexibility index (Phi) is 1.66. The Labute approximate surface area is 56.9 Å². The van der Waals surface area contributed by atoms with Crippen molar-refractivity contribution in [3.8, 4) is 0 Å². The molecule has 4 nitrogen and oxygen atoms in total. The zero-order chi connectivity index (χ0) is 5.98. The van der Waals surface area contributed by atoms with Gasteiger partial charge < -0.3 is 0 Å². The predicted octanol–water partition coefficient (Wildman–Crippen LogP) is 0.666. The molecule has 1 aromatic rings. The van der Waals surface area contributed by atoms with E-state index in [0.717, 1.165) is 5.69 Å². The molecule has 1 aromatic heterocycles. The van der Waals surface area contributed by atoms with Crippen LogP contribution >= 0.6 is 21.5 Å². The maximum absolute atomic E-state index is 10.1. The van der Waals surface area contributed by atoms with Crippen molar-refractivity contribution in [1.82, 2.24) is 13.2 Å². The van der Waals surface area contributed by atoms with E-state index >= 15 is 0 Å². The lowest BCUT2D eigenvalue weighted by atomic mass is 10.6. The van der Waals surface area contributed by atoms with Crippen molar-refractivity contribution < 1.29 is 3.07 Å². The Morgan fingerprint density at radius 2 is 2.62 bits per heavy atom. The molecule has 44 valence electrons. The van der Waals surface area contributed by atoms with Crippen molar-refractivity contribution >= 4 is 21.5 Å². The predicted molar refractivity (Wildman–Crippen MR) is 34.9 cm³/mol. The average molecular weight is 225 g/mol. The fourth-order valence-electron chi connectivity index (χ4n) is 0.353. The van der Waals surface area contributed by atoms with Gasteiger partial charge in [-0.3, -0.25) is 0 Å². The van der Waals surface area contributed by atoms with Crippen LogP contribution in [-0.2, 0) is 3.07 Å². The van der Waals surface area contributed by atoms with Gasteiger partial charge in [0.25, 0.3) is 21.5 Å². The minimum atomic E-state index is -1.18. The zero-order valence-electron chi connectivity index (χ0n) is 4.21. The Hall–Kier alpha value is -0.330. The molecule has 0 aliphatic heterocycles. The van der Waals surface area contributed by atoms with Crippen LogP contribution in [0.4, 0.5) is 0 Å². The quantitative estimate of drug-likeness (QED) is 0.659. The third-order valence-electron chi connectivity index (χ3n) is 0.652. The number of hydrogen-bond acceptors (Lipinski definition) is 3. The van der Waals surface area contributed by atoms with Gasteiger partial charge in [0.15, 0.2) is 0 Å². The topological polar surface area (TPSA) is 47.8 Å². The highest BCUT2D eigenvalue weighted by Crippen LogP contribution is 1.97. The van der Waals surface area contributed by atoms with Crippen LogP contribution in [0.5, 0.6) is 0 Å². The summed E-state index contributed by atoms with van der Waals surface area (Å²) in [5, 5.41) is 7.17. The number of nitrogens with zero attached hydrogens (tertiary/aromatic N) is 3. The monoisotopic (exact) mass is 225 g/mol. The van der Waals surface area contributed by atoms with Crippen LogP contribution in [0.3, 0.4) is 0 Å². The smallest absolute Gasteiger partial charge is 0.243 e. The standard InChI is InChI=1S/C3H4IN3O/c1-3-2-7(4-8)6-5-3/h2H,1H3. The summed E-state index contributed by atoms with van der Waals surface area (Å²) in [5.41, 5.74) is 0.806. The van der Waals surface area contributed by atoms with Crippen LogP contribution in [0.2, 0.25) is 0 Å². The highest BCUT2D eigenvalue weighted by molar-refractivity contribution is 14.1. The van der Waals surface area contributed by atoms with E-state index in [-0.39, 0.29) is 0 Å². The Balaban J connectivity index is 3.00. The van der Waals surface area contributed by atoms with Gasteiger partial charge in [0.2, 0.25) is 0 Å². The molecule has 8 heavy (non-hydrogen) atoms. The summed E-state index contributed by atoms with van der Waals surface area (Å²) in [4.78, 5) is 0. The first-order valence-corrected chi connectivity index (χ1v) is 3.84. The van der Waals surface area contributed by atoms with E-state index < -0.39 is 21.5 Å². The minimum absolute atomic E-state index is 0.806. The highest BCUT2D eigenvalue weighted by Gasteiger charge is 1.89. The van der Waals surface area contributed by atoms with Gasteiger partial charge in [0, 0.05) is 0 Å². The molecule has 0 bridgehead atoms. The molecule has 0 aliphatic rings. The molecule has 0 saturated carbocycles. The van der Waals surface area contributed by atoms with E-state index in [1.165, 1.54) is 2.90 Å². The molecule has 0 amide bonds. The molecule has 0 aromatic carbocycles. The molecule has 1 rings (SSSR count). The second kappa shape index (κ2) is 2.29. The van der Waals surface area contributed by atoms with Crippen LogP contribution < -0.4 is 0 Å². The van der Waals surface area contributed by atoms with Crippen LogP contribution in [0, 0.1) is 6.92 Å². The number of hydrogen-bond donors (Lipinski definition) is 0. The summed E-state index contributed by atoms with van der Waals surface area (Å²) in [6.45, 7) is 1.81. The van der Waals surface area contributed by atoms with Crippen LogP contribution in [0.15, 0.2) is 6.20 Å². The Morgan fingerprint density at radius 3 is 2.88 bits per heavy atom. The van der Waals surface area contributed by atoms with E-state index in [1.54, 1.807) is 6.20 Å². The third-order valence-corrected chi connectivity index (χ3v) is 1.53. The van der Waals surface area contributed by atoms with Crippen molar-refractivity contribution in [2.75, 3.05) is 0 Å². The largest absolute Gasteiger partial charge is 0.297 e. The fourth-order valence-corrected chi connectivity index (χ4v) is 1.04. The van der Waals surface area contributed by atoms with Crippen LogP contribution in [0.25, 0.3) is 0 Å². The third kappa shape index (κ3) is 1.09. The first-order chi connectivity index (χ1) is 3.83. The molecule has 0 aliphatic carbocycles. The first kappa shape index (κ1) is 5.80. The molecule has 0 N–H and O–H groups in total. The molecular formula is C3H4IN3O. The van der Waals surface area contributed by atoms with Gasteiger partial charge in [-0.1, -0.05) is 5.21 Å². The van der Waals surface area contributed by atoms with E-state index in [4.69, 9.17) is 0 Å². The lowest BCUT2D eigenvalue weighted by Gasteiger charge is -1.71. The Morgan fingerprint density at radius 1 is 1.88 bits per heavy atom. The second-order valence-electron chi connectivity index (χ2n) is 1.32. The number of aryl methyl sites for hydroxylation is 1. The van der Waals surface area contributed by atoms with Gasteiger partial charge in [-0.25, -0.2) is 3.07 Å². The van der Waals surface area contributed by atoms with Crippen molar-refractivity contribution in [3.05, 3.63) is 11.9 Å². The van der Waals surface area contributed by atoms with Crippen LogP contribution in [0.1, 0.15) is 5.69 Å². The number of rotatable bonds is 1. The van der Waals surface area contributed by atoms with E-state index in [1.807, 2.05) is 6.92 Å². The van der Waals surface area contributed by atoms with Crippen molar-refractivity contribution in [3.63, 3.8) is 0 Å². The van der Waals surface area contributed by atoms with Crippen molar-refractivity contribution in [2.45, 2.75) is 6.92 Å². The molecule has 0 saturated heterocycles. The second-order valence-corrected chi connectivity index (χ2v) is 2.70.